The Morgan fingerprint density at radius 3 is 2.42 bits per heavy atom. The van der Waals surface area contributed by atoms with Crippen LogP contribution >= 0.6 is 31.9 Å². The zero-order valence-corrected chi connectivity index (χ0v) is 13.9. The smallest absolute Gasteiger partial charge is 0.143 e. The molecule has 0 bridgehead atoms. The fourth-order valence-electron chi connectivity index (χ4n) is 1.87. The van der Waals surface area contributed by atoms with Crippen LogP contribution < -0.4 is 0 Å². The van der Waals surface area contributed by atoms with Crippen molar-refractivity contribution in [2.24, 2.45) is 7.05 Å². The number of imidazole rings is 1. The molecule has 1 aromatic carbocycles. The van der Waals surface area contributed by atoms with Crippen LogP contribution in [0, 0.1) is 0 Å². The van der Waals surface area contributed by atoms with E-state index in [1.165, 1.54) is 0 Å². The second kappa shape index (κ2) is 6.07. The molecular weight excluding hydrogens is 374 g/mol. The van der Waals surface area contributed by atoms with Gasteiger partial charge in [0.15, 0.2) is 0 Å². The lowest BCUT2D eigenvalue weighted by Gasteiger charge is -2.17. The molecule has 2 aromatic rings. The van der Waals surface area contributed by atoms with Gasteiger partial charge in [0.1, 0.15) is 11.6 Å². The van der Waals surface area contributed by atoms with Gasteiger partial charge in [-0.15, -0.1) is 0 Å². The molecular formula is C13H15Br2N3O. The van der Waals surface area contributed by atoms with Crippen molar-refractivity contribution in [3.05, 3.63) is 44.9 Å². The van der Waals surface area contributed by atoms with Crippen LogP contribution in [0.3, 0.4) is 0 Å². The molecule has 19 heavy (non-hydrogen) atoms. The third kappa shape index (κ3) is 3.58. The normalized spacial score (nSPS) is 11.2. The van der Waals surface area contributed by atoms with Gasteiger partial charge in [-0.3, -0.25) is 4.90 Å². The van der Waals surface area contributed by atoms with Crippen LogP contribution in [-0.2, 0) is 20.1 Å². The van der Waals surface area contributed by atoms with E-state index in [4.69, 9.17) is 0 Å². The fourth-order valence-corrected chi connectivity index (χ4v) is 3.15. The third-order valence-electron chi connectivity index (χ3n) is 2.86. The molecule has 0 unspecified atom stereocenters. The number of phenolic OH excluding ortho intramolecular Hbond substituents is 1. The molecule has 0 fully saturated rings. The first-order valence-electron chi connectivity index (χ1n) is 5.79. The quantitative estimate of drug-likeness (QED) is 0.873. The van der Waals surface area contributed by atoms with Crippen LogP contribution in [0.15, 0.2) is 33.5 Å². The predicted molar refractivity (Wildman–Crippen MR) is 81.9 cm³/mol. The molecule has 0 aliphatic rings. The first-order chi connectivity index (χ1) is 8.97. The summed E-state index contributed by atoms with van der Waals surface area (Å²) >= 11 is 6.69. The highest BCUT2D eigenvalue weighted by atomic mass is 79.9. The summed E-state index contributed by atoms with van der Waals surface area (Å²) in [5.74, 6) is 1.26. The number of rotatable bonds is 4. The van der Waals surface area contributed by atoms with Gasteiger partial charge in [0.05, 0.1) is 15.5 Å². The van der Waals surface area contributed by atoms with E-state index < -0.39 is 0 Å². The SMILES string of the molecule is CN(Cc1cc(Br)c(O)c(Br)c1)Cc1nccn1C. The van der Waals surface area contributed by atoms with E-state index in [1.54, 1.807) is 6.20 Å². The number of nitrogens with zero attached hydrogens (tertiary/aromatic N) is 3. The second-order valence-corrected chi connectivity index (χ2v) is 6.24. The van der Waals surface area contributed by atoms with Crippen LogP contribution in [-0.4, -0.2) is 26.6 Å². The molecule has 0 amide bonds. The van der Waals surface area contributed by atoms with E-state index in [-0.39, 0.29) is 5.75 Å². The monoisotopic (exact) mass is 387 g/mol. The summed E-state index contributed by atoms with van der Waals surface area (Å²) in [6.07, 6.45) is 3.74. The zero-order chi connectivity index (χ0) is 14.0. The maximum Gasteiger partial charge on any atom is 0.143 e. The van der Waals surface area contributed by atoms with Gasteiger partial charge in [0.25, 0.3) is 0 Å². The predicted octanol–water partition coefficient (Wildman–Crippen LogP) is 3.28. The number of hydrogen-bond acceptors (Lipinski definition) is 3. The average molecular weight is 389 g/mol. The van der Waals surface area contributed by atoms with Gasteiger partial charge in [-0.1, -0.05) is 0 Å². The lowest BCUT2D eigenvalue weighted by atomic mass is 10.2. The molecule has 0 spiro atoms. The van der Waals surface area contributed by atoms with Gasteiger partial charge in [-0.05, 0) is 56.6 Å². The van der Waals surface area contributed by atoms with Crippen LogP contribution in [0.25, 0.3) is 0 Å². The van der Waals surface area contributed by atoms with Gasteiger partial charge < -0.3 is 9.67 Å². The second-order valence-electron chi connectivity index (χ2n) is 4.53. The first kappa shape index (κ1) is 14.6. The summed E-state index contributed by atoms with van der Waals surface area (Å²) in [5, 5.41) is 9.69. The number of phenols is 1. The largest absolute Gasteiger partial charge is 0.506 e. The van der Waals surface area contributed by atoms with Crippen LogP contribution in [0.5, 0.6) is 5.75 Å². The maximum absolute atomic E-state index is 9.69. The Morgan fingerprint density at radius 2 is 1.89 bits per heavy atom. The lowest BCUT2D eigenvalue weighted by Crippen LogP contribution is -2.19. The molecule has 2 rings (SSSR count). The van der Waals surface area contributed by atoms with E-state index in [2.05, 4.69) is 41.7 Å². The van der Waals surface area contributed by atoms with E-state index in [0.717, 1.165) is 24.5 Å². The van der Waals surface area contributed by atoms with E-state index in [9.17, 15) is 5.11 Å². The fraction of sp³-hybridized carbons (Fsp3) is 0.308. The number of aromatic nitrogens is 2. The van der Waals surface area contributed by atoms with E-state index in [0.29, 0.717) is 8.95 Å². The van der Waals surface area contributed by atoms with Crippen molar-refractivity contribution >= 4 is 31.9 Å². The van der Waals surface area contributed by atoms with E-state index in [1.807, 2.05) is 37.0 Å². The Labute approximate surface area is 129 Å². The van der Waals surface area contributed by atoms with Gasteiger partial charge in [-0.25, -0.2) is 4.98 Å². The van der Waals surface area contributed by atoms with Crippen molar-refractivity contribution < 1.29 is 5.11 Å². The van der Waals surface area contributed by atoms with Gasteiger partial charge in [0.2, 0.25) is 0 Å². The molecule has 102 valence electrons. The Morgan fingerprint density at radius 1 is 1.26 bits per heavy atom. The number of aromatic hydroxyl groups is 1. The molecule has 0 aliphatic carbocycles. The highest BCUT2D eigenvalue weighted by Gasteiger charge is 2.09. The summed E-state index contributed by atoms with van der Waals surface area (Å²) < 4.78 is 3.41. The summed E-state index contributed by atoms with van der Waals surface area (Å²) in [7, 11) is 4.03. The molecule has 1 aromatic heterocycles. The molecule has 1 N–H and O–H groups in total. The van der Waals surface area contributed by atoms with Crippen LogP contribution in [0.4, 0.5) is 0 Å². The van der Waals surface area contributed by atoms with Crippen molar-refractivity contribution in [3.63, 3.8) is 0 Å². The van der Waals surface area contributed by atoms with E-state index >= 15 is 0 Å². The molecule has 1 heterocycles. The first-order valence-corrected chi connectivity index (χ1v) is 7.37. The topological polar surface area (TPSA) is 41.3 Å². The lowest BCUT2D eigenvalue weighted by molar-refractivity contribution is 0.307. The number of hydrogen-bond donors (Lipinski definition) is 1. The van der Waals surface area contributed by atoms with Gasteiger partial charge in [0, 0.05) is 26.0 Å². The Hall–Kier alpha value is -0.850. The standard InChI is InChI=1S/C13H15Br2N3O/c1-17(8-12-16-3-4-18(12)2)7-9-5-10(14)13(19)11(15)6-9/h3-6,19H,7-8H2,1-2H3. The van der Waals surface area contributed by atoms with Crippen molar-refractivity contribution in [1.29, 1.82) is 0 Å². The van der Waals surface area contributed by atoms with Crippen LogP contribution in [0.1, 0.15) is 11.4 Å². The van der Waals surface area contributed by atoms with Crippen molar-refractivity contribution in [2.75, 3.05) is 7.05 Å². The van der Waals surface area contributed by atoms with Crippen LogP contribution in [0.2, 0.25) is 0 Å². The number of aryl methyl sites for hydroxylation is 1. The number of benzene rings is 1. The average Bonchev–Trinajstić information content (AvgIpc) is 2.72. The molecule has 4 nitrogen and oxygen atoms in total. The van der Waals surface area contributed by atoms with Crippen molar-refractivity contribution in [2.45, 2.75) is 13.1 Å². The number of halogens is 2. The summed E-state index contributed by atoms with van der Waals surface area (Å²) in [6.45, 7) is 1.56. The third-order valence-corrected chi connectivity index (χ3v) is 4.07. The molecule has 0 atom stereocenters. The minimum atomic E-state index is 0.232. The Bertz CT molecular complexity index is 560. The Balaban J connectivity index is 2.07. The zero-order valence-electron chi connectivity index (χ0n) is 10.8. The summed E-state index contributed by atoms with van der Waals surface area (Å²) in [6, 6.07) is 3.85. The summed E-state index contributed by atoms with van der Waals surface area (Å²) in [5.41, 5.74) is 1.12. The molecule has 0 saturated heterocycles. The highest BCUT2D eigenvalue weighted by Crippen LogP contribution is 2.33. The maximum atomic E-state index is 9.69. The highest BCUT2D eigenvalue weighted by molar-refractivity contribution is 9.11. The van der Waals surface area contributed by atoms with Crippen molar-refractivity contribution in [1.82, 2.24) is 14.5 Å². The Kier molecular flexibility index (Phi) is 4.65. The molecule has 0 radical (unpaired) electrons. The molecule has 0 saturated carbocycles. The van der Waals surface area contributed by atoms with Crippen molar-refractivity contribution in [3.8, 4) is 5.75 Å². The molecule has 6 heteroatoms. The minimum absolute atomic E-state index is 0.232. The van der Waals surface area contributed by atoms with Gasteiger partial charge in [-0.2, -0.15) is 0 Å². The minimum Gasteiger partial charge on any atom is -0.506 e. The summed E-state index contributed by atoms with van der Waals surface area (Å²) in [4.78, 5) is 6.48. The molecule has 0 aliphatic heterocycles. The van der Waals surface area contributed by atoms with Gasteiger partial charge >= 0.3 is 0 Å².